The summed E-state index contributed by atoms with van der Waals surface area (Å²) in [6.07, 6.45) is 0. The number of aromatic carboxylic acids is 1. The minimum atomic E-state index is -0.913. The van der Waals surface area contributed by atoms with Crippen LogP contribution in [0, 0.1) is 6.92 Å². The van der Waals surface area contributed by atoms with Crippen molar-refractivity contribution in [2.75, 3.05) is 12.4 Å². The highest BCUT2D eigenvalue weighted by atomic mass is 79.9. The van der Waals surface area contributed by atoms with Gasteiger partial charge in [0.2, 0.25) is 0 Å². The first-order valence-electron chi connectivity index (χ1n) is 6.41. The molecule has 0 heterocycles. The summed E-state index contributed by atoms with van der Waals surface area (Å²) in [6, 6.07) is 10.9. The number of carbonyl (C=O) groups is 1. The lowest BCUT2D eigenvalue weighted by Gasteiger charge is -2.11. The molecule has 0 saturated heterocycles. The molecule has 0 unspecified atom stereocenters. The van der Waals surface area contributed by atoms with Gasteiger partial charge in [-0.2, -0.15) is 0 Å². The van der Waals surface area contributed by atoms with Crippen molar-refractivity contribution in [3.8, 4) is 5.75 Å². The summed E-state index contributed by atoms with van der Waals surface area (Å²) in [4.78, 5) is 10.9. The molecule has 0 aliphatic heterocycles. The van der Waals surface area contributed by atoms with Crippen LogP contribution in [0.25, 0.3) is 0 Å². The van der Waals surface area contributed by atoms with E-state index in [1.807, 2.05) is 25.1 Å². The van der Waals surface area contributed by atoms with Crippen molar-refractivity contribution in [2.45, 2.75) is 13.5 Å². The number of anilines is 1. The van der Waals surface area contributed by atoms with Gasteiger partial charge in [-0.25, -0.2) is 4.79 Å². The van der Waals surface area contributed by atoms with Crippen LogP contribution >= 0.6 is 15.9 Å². The molecule has 0 amide bonds. The first-order chi connectivity index (χ1) is 10.0. The lowest BCUT2D eigenvalue weighted by Crippen LogP contribution is -2.03. The van der Waals surface area contributed by atoms with Gasteiger partial charge in [0.05, 0.1) is 17.1 Å². The Morgan fingerprint density at radius 2 is 2.05 bits per heavy atom. The minimum absolute atomic E-state index is 0.297. The van der Waals surface area contributed by atoms with Crippen molar-refractivity contribution in [2.24, 2.45) is 0 Å². The van der Waals surface area contributed by atoms with E-state index in [4.69, 9.17) is 9.84 Å². The van der Waals surface area contributed by atoms with Crippen LogP contribution in [0.15, 0.2) is 40.9 Å². The molecule has 0 aliphatic rings. The minimum Gasteiger partial charge on any atom is -0.496 e. The number of methoxy groups -OCH3 is 1. The van der Waals surface area contributed by atoms with Gasteiger partial charge in [-0.15, -0.1) is 0 Å². The fraction of sp³-hybridized carbons (Fsp3) is 0.188. The van der Waals surface area contributed by atoms with Crippen LogP contribution in [0.4, 0.5) is 5.69 Å². The second-order valence-electron chi connectivity index (χ2n) is 4.66. The zero-order chi connectivity index (χ0) is 15.4. The number of hydrogen-bond donors (Lipinski definition) is 2. The van der Waals surface area contributed by atoms with Gasteiger partial charge < -0.3 is 15.2 Å². The molecule has 2 aromatic rings. The van der Waals surface area contributed by atoms with Gasteiger partial charge in [0.25, 0.3) is 0 Å². The molecule has 0 radical (unpaired) electrons. The van der Waals surface area contributed by atoms with E-state index in [2.05, 4.69) is 21.2 Å². The Balaban J connectivity index is 2.09. The molecule has 2 N–H and O–H groups in total. The summed E-state index contributed by atoms with van der Waals surface area (Å²) in [7, 11) is 1.63. The van der Waals surface area contributed by atoms with Gasteiger partial charge >= 0.3 is 5.97 Å². The number of nitrogens with one attached hydrogen (secondary N) is 1. The molecule has 0 atom stereocenters. The van der Waals surface area contributed by atoms with Crippen molar-refractivity contribution >= 4 is 27.6 Å². The second-order valence-corrected chi connectivity index (χ2v) is 5.51. The normalized spacial score (nSPS) is 10.2. The summed E-state index contributed by atoms with van der Waals surface area (Å²) in [5.74, 6) is -0.121. The first kappa shape index (κ1) is 15.4. The van der Waals surface area contributed by atoms with E-state index in [1.54, 1.807) is 25.3 Å². The van der Waals surface area contributed by atoms with Gasteiger partial charge in [-0.05, 0) is 64.3 Å². The first-order valence-corrected chi connectivity index (χ1v) is 7.21. The standard InChI is InChI=1S/C16H16BrNO3/c1-10-7-12(16(19)20)4-5-14(10)18-9-11-3-6-15(21-2)13(17)8-11/h3-8,18H,9H2,1-2H3,(H,19,20). The van der Waals surface area contributed by atoms with Gasteiger partial charge in [0.1, 0.15) is 5.75 Å². The molecular weight excluding hydrogens is 334 g/mol. The summed E-state index contributed by atoms with van der Waals surface area (Å²) in [6.45, 7) is 2.54. The molecule has 21 heavy (non-hydrogen) atoms. The van der Waals surface area contributed by atoms with Gasteiger partial charge in [-0.1, -0.05) is 6.07 Å². The van der Waals surface area contributed by atoms with Crippen molar-refractivity contribution < 1.29 is 14.6 Å². The Morgan fingerprint density at radius 3 is 2.62 bits per heavy atom. The van der Waals surface area contributed by atoms with Gasteiger partial charge in [-0.3, -0.25) is 0 Å². The summed E-state index contributed by atoms with van der Waals surface area (Å²) < 4.78 is 6.10. The number of halogens is 1. The van der Waals surface area contributed by atoms with Crippen LogP contribution < -0.4 is 10.1 Å². The predicted octanol–water partition coefficient (Wildman–Crippen LogP) is 4.08. The van der Waals surface area contributed by atoms with E-state index in [0.717, 1.165) is 27.0 Å². The second kappa shape index (κ2) is 6.63. The lowest BCUT2D eigenvalue weighted by atomic mass is 10.1. The third kappa shape index (κ3) is 3.76. The lowest BCUT2D eigenvalue weighted by molar-refractivity contribution is 0.0697. The van der Waals surface area contributed by atoms with E-state index < -0.39 is 5.97 Å². The van der Waals surface area contributed by atoms with E-state index >= 15 is 0 Å². The Kier molecular flexibility index (Phi) is 4.85. The summed E-state index contributed by atoms with van der Waals surface area (Å²) >= 11 is 3.46. The smallest absolute Gasteiger partial charge is 0.335 e. The predicted molar refractivity (Wildman–Crippen MR) is 86.2 cm³/mol. The number of ether oxygens (including phenoxy) is 1. The van der Waals surface area contributed by atoms with Crippen LogP contribution in [-0.4, -0.2) is 18.2 Å². The number of hydrogen-bond acceptors (Lipinski definition) is 3. The van der Waals surface area contributed by atoms with E-state index in [1.165, 1.54) is 0 Å². The number of carboxylic acid groups (broad SMARTS) is 1. The van der Waals surface area contributed by atoms with Crippen molar-refractivity contribution in [3.63, 3.8) is 0 Å². The van der Waals surface area contributed by atoms with Gasteiger partial charge in [0.15, 0.2) is 0 Å². The van der Waals surface area contributed by atoms with Crippen LogP contribution in [0.3, 0.4) is 0 Å². The third-order valence-electron chi connectivity index (χ3n) is 3.17. The Hall–Kier alpha value is -2.01. The maximum absolute atomic E-state index is 10.9. The number of rotatable bonds is 5. The SMILES string of the molecule is COc1ccc(CNc2ccc(C(=O)O)cc2C)cc1Br. The van der Waals surface area contributed by atoms with Crippen molar-refractivity contribution in [1.29, 1.82) is 0 Å². The van der Waals surface area contributed by atoms with Crippen LogP contribution in [-0.2, 0) is 6.54 Å². The molecule has 0 aliphatic carbocycles. The Morgan fingerprint density at radius 1 is 1.29 bits per heavy atom. The molecule has 0 saturated carbocycles. The molecule has 110 valence electrons. The summed E-state index contributed by atoms with van der Waals surface area (Å²) in [5.41, 5.74) is 3.23. The average Bonchev–Trinajstić information content (AvgIpc) is 2.46. The molecule has 2 rings (SSSR count). The molecule has 0 bridgehead atoms. The molecular formula is C16H16BrNO3. The van der Waals surface area contributed by atoms with Crippen LogP contribution in [0.5, 0.6) is 5.75 Å². The van der Waals surface area contributed by atoms with Gasteiger partial charge in [0, 0.05) is 12.2 Å². The Labute approximate surface area is 131 Å². The number of benzene rings is 2. The molecule has 5 heteroatoms. The molecule has 2 aromatic carbocycles. The topological polar surface area (TPSA) is 58.6 Å². The molecule has 0 spiro atoms. The van der Waals surface area contributed by atoms with Crippen molar-refractivity contribution in [1.82, 2.24) is 0 Å². The molecule has 0 fully saturated rings. The average molecular weight is 350 g/mol. The zero-order valence-electron chi connectivity index (χ0n) is 11.8. The summed E-state index contributed by atoms with van der Waals surface area (Å²) in [5, 5.41) is 12.3. The Bertz CT molecular complexity index is 671. The highest BCUT2D eigenvalue weighted by molar-refractivity contribution is 9.10. The fourth-order valence-corrected chi connectivity index (χ4v) is 2.60. The van der Waals surface area contributed by atoms with Crippen molar-refractivity contribution in [3.05, 3.63) is 57.6 Å². The zero-order valence-corrected chi connectivity index (χ0v) is 13.4. The van der Waals surface area contributed by atoms with E-state index in [-0.39, 0.29) is 0 Å². The molecule has 0 aromatic heterocycles. The largest absolute Gasteiger partial charge is 0.496 e. The highest BCUT2D eigenvalue weighted by Crippen LogP contribution is 2.26. The number of aryl methyl sites for hydroxylation is 1. The third-order valence-corrected chi connectivity index (χ3v) is 3.79. The molecule has 4 nitrogen and oxygen atoms in total. The monoisotopic (exact) mass is 349 g/mol. The number of carboxylic acids is 1. The van der Waals surface area contributed by atoms with Crippen LogP contribution in [0.2, 0.25) is 0 Å². The van der Waals surface area contributed by atoms with E-state index in [9.17, 15) is 4.79 Å². The fourth-order valence-electron chi connectivity index (χ4n) is 2.01. The maximum atomic E-state index is 10.9. The van der Waals surface area contributed by atoms with E-state index in [0.29, 0.717) is 12.1 Å². The quantitative estimate of drug-likeness (QED) is 0.853. The maximum Gasteiger partial charge on any atom is 0.335 e. The highest BCUT2D eigenvalue weighted by Gasteiger charge is 2.06. The van der Waals surface area contributed by atoms with Crippen LogP contribution in [0.1, 0.15) is 21.5 Å².